The van der Waals surface area contributed by atoms with Crippen LogP contribution in [0.2, 0.25) is 0 Å². The predicted molar refractivity (Wildman–Crippen MR) is 69.8 cm³/mol. The van der Waals surface area contributed by atoms with E-state index in [0.29, 0.717) is 0 Å². The molecule has 0 heterocycles. The molecule has 0 aromatic heterocycles. The van der Waals surface area contributed by atoms with Gasteiger partial charge in [0.25, 0.3) is 0 Å². The largest absolute Gasteiger partial charge is 0.0620 e. The van der Waals surface area contributed by atoms with E-state index in [-0.39, 0.29) is 0 Å². The van der Waals surface area contributed by atoms with Crippen LogP contribution in [0.4, 0.5) is 0 Å². The number of aryl methyl sites for hydroxylation is 4. The second kappa shape index (κ2) is 4.98. The standard InChI is InChI=1S/C16H18/c1-13-6-5-8-15(12-13)10-11-16-9-4-3-7-14(16)2/h3-9,12H,10-11H2,1-2H3. The Labute approximate surface area is 97.9 Å². The summed E-state index contributed by atoms with van der Waals surface area (Å²) in [5.74, 6) is 0. The van der Waals surface area contributed by atoms with Crippen molar-refractivity contribution >= 4 is 0 Å². The van der Waals surface area contributed by atoms with Gasteiger partial charge in [-0.15, -0.1) is 0 Å². The van der Waals surface area contributed by atoms with Gasteiger partial charge in [0.15, 0.2) is 0 Å². The average molecular weight is 210 g/mol. The fourth-order valence-corrected chi connectivity index (χ4v) is 2.04. The maximum atomic E-state index is 2.28. The van der Waals surface area contributed by atoms with Crippen LogP contribution in [0.5, 0.6) is 0 Å². The van der Waals surface area contributed by atoms with Crippen LogP contribution in [-0.2, 0) is 12.8 Å². The summed E-state index contributed by atoms with van der Waals surface area (Å²) in [5.41, 5.74) is 5.64. The summed E-state index contributed by atoms with van der Waals surface area (Å²) < 4.78 is 0. The highest BCUT2D eigenvalue weighted by Gasteiger charge is 1.98. The Balaban J connectivity index is 2.05. The minimum Gasteiger partial charge on any atom is -0.0620 e. The minimum absolute atomic E-state index is 1.13. The molecule has 0 amide bonds. The Kier molecular flexibility index (Phi) is 3.40. The molecule has 0 nitrogen and oxygen atoms in total. The van der Waals surface area contributed by atoms with Crippen LogP contribution in [0.3, 0.4) is 0 Å². The summed E-state index contributed by atoms with van der Waals surface area (Å²) in [6.07, 6.45) is 2.27. The summed E-state index contributed by atoms with van der Waals surface area (Å²) in [7, 11) is 0. The molecule has 0 heteroatoms. The highest BCUT2D eigenvalue weighted by molar-refractivity contribution is 5.28. The third kappa shape index (κ3) is 2.73. The summed E-state index contributed by atoms with van der Waals surface area (Å²) in [5, 5.41) is 0. The predicted octanol–water partition coefficient (Wildman–Crippen LogP) is 4.09. The van der Waals surface area contributed by atoms with Crippen LogP contribution in [0, 0.1) is 13.8 Å². The molecule has 0 unspecified atom stereocenters. The molecule has 0 aliphatic carbocycles. The molecular formula is C16H18. The van der Waals surface area contributed by atoms with E-state index in [1.54, 1.807) is 0 Å². The topological polar surface area (TPSA) is 0 Å². The van der Waals surface area contributed by atoms with Crippen molar-refractivity contribution in [3.8, 4) is 0 Å². The zero-order valence-electron chi connectivity index (χ0n) is 10.0. The van der Waals surface area contributed by atoms with Crippen molar-refractivity contribution in [2.75, 3.05) is 0 Å². The molecule has 16 heavy (non-hydrogen) atoms. The highest BCUT2D eigenvalue weighted by Crippen LogP contribution is 2.12. The first kappa shape index (κ1) is 10.9. The fraction of sp³-hybridized carbons (Fsp3) is 0.250. The highest BCUT2D eigenvalue weighted by atomic mass is 14.0. The molecule has 0 bridgehead atoms. The normalized spacial score (nSPS) is 10.4. The van der Waals surface area contributed by atoms with Gasteiger partial charge in [0.2, 0.25) is 0 Å². The van der Waals surface area contributed by atoms with E-state index in [4.69, 9.17) is 0 Å². The van der Waals surface area contributed by atoms with Crippen molar-refractivity contribution in [3.05, 3.63) is 70.8 Å². The molecule has 0 radical (unpaired) electrons. The Bertz CT molecular complexity index is 469. The van der Waals surface area contributed by atoms with Crippen LogP contribution >= 0.6 is 0 Å². The zero-order chi connectivity index (χ0) is 11.4. The molecule has 0 atom stereocenters. The Morgan fingerprint density at radius 2 is 1.62 bits per heavy atom. The molecule has 0 aliphatic heterocycles. The van der Waals surface area contributed by atoms with Gasteiger partial charge in [0.1, 0.15) is 0 Å². The molecular weight excluding hydrogens is 192 g/mol. The lowest BCUT2D eigenvalue weighted by Crippen LogP contribution is -1.94. The molecule has 0 aliphatic rings. The monoisotopic (exact) mass is 210 g/mol. The second-order valence-corrected chi connectivity index (χ2v) is 4.42. The van der Waals surface area contributed by atoms with Gasteiger partial charge in [-0.1, -0.05) is 54.1 Å². The van der Waals surface area contributed by atoms with Gasteiger partial charge in [-0.2, -0.15) is 0 Å². The van der Waals surface area contributed by atoms with Gasteiger partial charge in [0, 0.05) is 0 Å². The molecule has 0 spiro atoms. The van der Waals surface area contributed by atoms with E-state index < -0.39 is 0 Å². The van der Waals surface area contributed by atoms with Crippen LogP contribution < -0.4 is 0 Å². The Hall–Kier alpha value is -1.56. The molecule has 0 saturated carbocycles. The molecule has 0 saturated heterocycles. The summed E-state index contributed by atoms with van der Waals surface area (Å²) in [6, 6.07) is 17.4. The number of hydrogen-bond acceptors (Lipinski definition) is 0. The van der Waals surface area contributed by atoms with Crippen molar-refractivity contribution in [1.82, 2.24) is 0 Å². The average Bonchev–Trinajstić information content (AvgIpc) is 2.28. The minimum atomic E-state index is 1.13. The smallest absolute Gasteiger partial charge is 0.0236 e. The number of hydrogen-bond donors (Lipinski definition) is 0. The summed E-state index contributed by atoms with van der Waals surface area (Å²) in [6.45, 7) is 4.34. The molecule has 2 aromatic carbocycles. The van der Waals surface area contributed by atoms with E-state index in [1.165, 1.54) is 22.3 Å². The lowest BCUT2D eigenvalue weighted by molar-refractivity contribution is 0.947. The fourth-order valence-electron chi connectivity index (χ4n) is 2.04. The van der Waals surface area contributed by atoms with E-state index >= 15 is 0 Å². The first-order valence-electron chi connectivity index (χ1n) is 5.86. The van der Waals surface area contributed by atoms with E-state index in [1.807, 2.05) is 0 Å². The zero-order valence-corrected chi connectivity index (χ0v) is 10.0. The third-order valence-corrected chi connectivity index (χ3v) is 3.03. The van der Waals surface area contributed by atoms with Crippen molar-refractivity contribution in [2.24, 2.45) is 0 Å². The quantitative estimate of drug-likeness (QED) is 0.715. The van der Waals surface area contributed by atoms with Crippen LogP contribution in [0.1, 0.15) is 22.3 Å². The van der Waals surface area contributed by atoms with Crippen molar-refractivity contribution in [1.29, 1.82) is 0 Å². The second-order valence-electron chi connectivity index (χ2n) is 4.42. The molecule has 82 valence electrons. The first-order chi connectivity index (χ1) is 7.75. The first-order valence-corrected chi connectivity index (χ1v) is 5.86. The number of benzene rings is 2. The van der Waals surface area contributed by atoms with E-state index in [9.17, 15) is 0 Å². The van der Waals surface area contributed by atoms with E-state index in [0.717, 1.165) is 12.8 Å². The summed E-state index contributed by atoms with van der Waals surface area (Å²) >= 11 is 0. The Morgan fingerprint density at radius 3 is 2.38 bits per heavy atom. The molecule has 0 N–H and O–H groups in total. The Morgan fingerprint density at radius 1 is 0.812 bits per heavy atom. The van der Waals surface area contributed by atoms with Crippen molar-refractivity contribution < 1.29 is 0 Å². The maximum absolute atomic E-state index is 2.28. The molecule has 0 fully saturated rings. The van der Waals surface area contributed by atoms with Crippen LogP contribution in [0.15, 0.2) is 48.5 Å². The SMILES string of the molecule is Cc1cccc(CCc2ccccc2C)c1. The third-order valence-electron chi connectivity index (χ3n) is 3.03. The summed E-state index contributed by atoms with van der Waals surface area (Å²) in [4.78, 5) is 0. The van der Waals surface area contributed by atoms with Gasteiger partial charge >= 0.3 is 0 Å². The lowest BCUT2D eigenvalue weighted by Gasteiger charge is -2.06. The van der Waals surface area contributed by atoms with Crippen LogP contribution in [-0.4, -0.2) is 0 Å². The number of rotatable bonds is 3. The molecule has 2 aromatic rings. The van der Waals surface area contributed by atoms with Gasteiger partial charge in [-0.3, -0.25) is 0 Å². The van der Waals surface area contributed by atoms with Gasteiger partial charge in [-0.25, -0.2) is 0 Å². The van der Waals surface area contributed by atoms with Gasteiger partial charge in [-0.05, 0) is 43.4 Å². The van der Waals surface area contributed by atoms with Crippen LogP contribution in [0.25, 0.3) is 0 Å². The lowest BCUT2D eigenvalue weighted by atomic mass is 10.00. The van der Waals surface area contributed by atoms with Crippen molar-refractivity contribution in [2.45, 2.75) is 26.7 Å². The van der Waals surface area contributed by atoms with Gasteiger partial charge in [0.05, 0.1) is 0 Å². The van der Waals surface area contributed by atoms with E-state index in [2.05, 4.69) is 62.4 Å². The maximum Gasteiger partial charge on any atom is -0.0236 e. The van der Waals surface area contributed by atoms with Crippen molar-refractivity contribution in [3.63, 3.8) is 0 Å². The molecule has 2 rings (SSSR count). The van der Waals surface area contributed by atoms with Gasteiger partial charge < -0.3 is 0 Å².